The predicted octanol–water partition coefficient (Wildman–Crippen LogP) is 1.33. The van der Waals surface area contributed by atoms with Crippen LogP contribution in [-0.4, -0.2) is 18.0 Å². The third-order valence-corrected chi connectivity index (χ3v) is 0.887. The first-order chi connectivity index (χ1) is 4.22. The van der Waals surface area contributed by atoms with Crippen LogP contribution in [0.5, 0.6) is 0 Å². The van der Waals surface area contributed by atoms with E-state index < -0.39 is 5.50 Å². The van der Waals surface area contributed by atoms with Crippen molar-refractivity contribution in [2.24, 2.45) is 5.18 Å². The van der Waals surface area contributed by atoms with Crippen molar-refractivity contribution in [3.63, 3.8) is 0 Å². The van der Waals surface area contributed by atoms with Gasteiger partial charge in [-0.15, -0.1) is 4.91 Å². The van der Waals surface area contributed by atoms with Crippen LogP contribution in [0.1, 0.15) is 6.92 Å². The maximum atomic E-state index is 9.62. The van der Waals surface area contributed by atoms with Gasteiger partial charge >= 0.3 is 0 Å². The molecule has 5 heteroatoms. The van der Waals surface area contributed by atoms with Crippen molar-refractivity contribution >= 4 is 17.5 Å². The normalized spacial score (nSPS) is 12.2. The predicted molar refractivity (Wildman–Crippen MR) is 34.8 cm³/mol. The fourth-order valence-electron chi connectivity index (χ4n) is 0.272. The molecule has 0 fully saturated rings. The summed E-state index contributed by atoms with van der Waals surface area (Å²) in [5.74, 6) is -0.297. The molecule has 0 aromatic rings. The minimum atomic E-state index is -1.18. The van der Waals surface area contributed by atoms with E-state index in [1.165, 1.54) is 0 Å². The average Bonchev–Trinajstić information content (AvgIpc) is 1.87. The van der Waals surface area contributed by atoms with Gasteiger partial charge in [-0.3, -0.25) is 5.41 Å². The molecule has 0 aliphatic rings. The van der Waals surface area contributed by atoms with Crippen LogP contribution >= 0.6 is 11.6 Å². The summed E-state index contributed by atoms with van der Waals surface area (Å²) in [5, 5.41) is 9.22. The van der Waals surface area contributed by atoms with E-state index in [1.54, 1.807) is 6.92 Å². The Labute approximate surface area is 57.6 Å². The maximum Gasteiger partial charge on any atom is 0.239 e. The van der Waals surface area contributed by atoms with E-state index in [0.717, 1.165) is 0 Å². The average molecular weight is 151 g/mol. The first-order valence-corrected chi connectivity index (χ1v) is 2.83. The first-order valence-electron chi connectivity index (χ1n) is 2.40. The zero-order valence-corrected chi connectivity index (χ0v) is 5.68. The third kappa shape index (κ3) is 3.03. The number of nitroso groups, excluding NO2 is 1. The Balaban J connectivity index is 3.58. The minimum absolute atomic E-state index is 0.297. The van der Waals surface area contributed by atoms with Gasteiger partial charge in [0, 0.05) is 0 Å². The molecule has 4 nitrogen and oxygen atoms in total. The molecule has 1 atom stereocenters. The Bertz CT molecular complexity index is 117. The van der Waals surface area contributed by atoms with Crippen LogP contribution in [0.3, 0.4) is 0 Å². The van der Waals surface area contributed by atoms with Gasteiger partial charge in [0.1, 0.15) is 0 Å². The van der Waals surface area contributed by atoms with E-state index in [1.807, 2.05) is 0 Å². The van der Waals surface area contributed by atoms with E-state index in [2.05, 4.69) is 9.91 Å². The van der Waals surface area contributed by atoms with Crippen LogP contribution in [0.15, 0.2) is 5.18 Å². The number of nitrogens with one attached hydrogen (secondary N) is 1. The zero-order chi connectivity index (χ0) is 7.28. The second-order valence-electron chi connectivity index (χ2n) is 1.24. The van der Waals surface area contributed by atoms with E-state index in [9.17, 15) is 4.91 Å². The molecule has 0 heterocycles. The largest absolute Gasteiger partial charge is 0.479 e. The van der Waals surface area contributed by atoms with Crippen molar-refractivity contribution in [3.05, 3.63) is 4.91 Å². The molecule has 0 bridgehead atoms. The molecule has 0 amide bonds. The van der Waals surface area contributed by atoms with E-state index in [4.69, 9.17) is 17.0 Å². The van der Waals surface area contributed by atoms with Crippen LogP contribution in [0, 0.1) is 10.3 Å². The zero-order valence-electron chi connectivity index (χ0n) is 4.93. The van der Waals surface area contributed by atoms with Crippen molar-refractivity contribution in [3.8, 4) is 0 Å². The van der Waals surface area contributed by atoms with Gasteiger partial charge in [-0.25, -0.2) is 0 Å². The van der Waals surface area contributed by atoms with Gasteiger partial charge in [0.05, 0.1) is 6.61 Å². The molecule has 52 valence electrons. The molecular formula is C4H7ClN2O2. The molecule has 0 aromatic heterocycles. The summed E-state index contributed by atoms with van der Waals surface area (Å²) in [6.45, 7) is 2.03. The van der Waals surface area contributed by atoms with E-state index in [0.29, 0.717) is 6.61 Å². The van der Waals surface area contributed by atoms with Crippen molar-refractivity contribution in [2.75, 3.05) is 6.61 Å². The van der Waals surface area contributed by atoms with Crippen molar-refractivity contribution < 1.29 is 4.74 Å². The van der Waals surface area contributed by atoms with Crippen LogP contribution in [0.4, 0.5) is 0 Å². The summed E-state index contributed by atoms with van der Waals surface area (Å²) in [4.78, 5) is 9.62. The molecule has 0 aliphatic heterocycles. The molecule has 0 aliphatic carbocycles. The second-order valence-corrected chi connectivity index (χ2v) is 1.65. The highest BCUT2D eigenvalue weighted by molar-refractivity contribution is 6.30. The Morgan fingerprint density at radius 2 is 2.56 bits per heavy atom. The highest BCUT2D eigenvalue weighted by atomic mass is 35.5. The lowest BCUT2D eigenvalue weighted by atomic mass is 10.6. The molecule has 1 unspecified atom stereocenters. The standard InChI is InChI=1S/C4H7ClN2O2/c1-2-9-4(6)3(5)7-8/h3,6H,2H2,1H3. The lowest BCUT2D eigenvalue weighted by Gasteiger charge is -2.02. The van der Waals surface area contributed by atoms with Crippen LogP contribution in [-0.2, 0) is 4.74 Å². The van der Waals surface area contributed by atoms with Gasteiger partial charge < -0.3 is 4.74 Å². The van der Waals surface area contributed by atoms with E-state index in [-0.39, 0.29) is 5.90 Å². The Morgan fingerprint density at radius 3 is 2.89 bits per heavy atom. The summed E-state index contributed by atoms with van der Waals surface area (Å²) >= 11 is 5.17. The number of halogens is 1. The Kier molecular flexibility index (Phi) is 3.96. The fraction of sp³-hybridized carbons (Fsp3) is 0.750. The highest BCUT2D eigenvalue weighted by Gasteiger charge is 2.10. The van der Waals surface area contributed by atoms with Crippen molar-refractivity contribution in [1.29, 1.82) is 5.41 Å². The minimum Gasteiger partial charge on any atom is -0.479 e. The molecular weight excluding hydrogens is 144 g/mol. The smallest absolute Gasteiger partial charge is 0.239 e. The van der Waals surface area contributed by atoms with Crippen molar-refractivity contribution in [2.45, 2.75) is 12.4 Å². The quantitative estimate of drug-likeness (QED) is 0.217. The van der Waals surface area contributed by atoms with Gasteiger partial charge in [0.15, 0.2) is 0 Å². The third-order valence-electron chi connectivity index (χ3n) is 0.609. The molecule has 0 saturated heterocycles. The first kappa shape index (κ1) is 8.36. The summed E-state index contributed by atoms with van der Waals surface area (Å²) in [6.07, 6.45) is 0. The van der Waals surface area contributed by atoms with Crippen LogP contribution in [0.25, 0.3) is 0 Å². The molecule has 9 heavy (non-hydrogen) atoms. The molecule has 0 saturated carbocycles. The SMILES string of the molecule is CCOC(=N)C(Cl)N=O. The summed E-state index contributed by atoms with van der Waals surface area (Å²) < 4.78 is 4.55. The second kappa shape index (κ2) is 4.26. The number of ether oxygens (including phenoxy) is 1. The molecule has 1 N–H and O–H groups in total. The van der Waals surface area contributed by atoms with Crippen molar-refractivity contribution in [1.82, 2.24) is 0 Å². The number of rotatable bonds is 3. The van der Waals surface area contributed by atoms with Gasteiger partial charge in [0.25, 0.3) is 0 Å². The molecule has 0 radical (unpaired) electrons. The number of hydrogen-bond donors (Lipinski definition) is 1. The fourth-order valence-corrected chi connectivity index (χ4v) is 0.335. The van der Waals surface area contributed by atoms with Gasteiger partial charge in [-0.2, -0.15) is 0 Å². The Morgan fingerprint density at radius 1 is 2.00 bits per heavy atom. The lowest BCUT2D eigenvalue weighted by Crippen LogP contribution is -2.13. The molecule has 0 spiro atoms. The number of alkyl halides is 1. The number of hydrogen-bond acceptors (Lipinski definition) is 4. The number of nitrogens with zero attached hydrogens (tertiary/aromatic N) is 1. The van der Waals surface area contributed by atoms with Crippen LogP contribution in [0.2, 0.25) is 0 Å². The topological polar surface area (TPSA) is 62.5 Å². The monoisotopic (exact) mass is 150 g/mol. The maximum absolute atomic E-state index is 9.62. The summed E-state index contributed by atoms with van der Waals surface area (Å²) in [5.41, 5.74) is -1.18. The highest BCUT2D eigenvalue weighted by Crippen LogP contribution is 1.99. The molecule has 0 rings (SSSR count). The van der Waals surface area contributed by atoms with E-state index >= 15 is 0 Å². The lowest BCUT2D eigenvalue weighted by molar-refractivity contribution is 0.315. The summed E-state index contributed by atoms with van der Waals surface area (Å²) in [7, 11) is 0. The van der Waals surface area contributed by atoms with Gasteiger partial charge in [0.2, 0.25) is 11.4 Å². The molecule has 0 aromatic carbocycles. The van der Waals surface area contributed by atoms with Crippen LogP contribution < -0.4 is 0 Å². The van der Waals surface area contributed by atoms with Gasteiger partial charge in [-0.1, -0.05) is 11.6 Å². The Hall–Kier alpha value is -0.640. The van der Waals surface area contributed by atoms with Gasteiger partial charge in [-0.05, 0) is 12.1 Å². The summed E-state index contributed by atoms with van der Waals surface area (Å²) in [6, 6.07) is 0.